The van der Waals surface area contributed by atoms with Crippen LogP contribution in [0.15, 0.2) is 24.3 Å². The third-order valence-electron chi connectivity index (χ3n) is 2.02. The third kappa shape index (κ3) is 3.38. The summed E-state index contributed by atoms with van der Waals surface area (Å²) < 4.78 is 0. The number of aliphatic carboxylic acids is 2. The molecule has 1 rings (SSSR count). The fourth-order valence-corrected chi connectivity index (χ4v) is 1.23. The van der Waals surface area contributed by atoms with Gasteiger partial charge in [-0.3, -0.25) is 0 Å². The maximum absolute atomic E-state index is 10.4. The predicted molar refractivity (Wildman–Crippen MR) is 63.1 cm³/mol. The molecule has 0 bridgehead atoms. The topological polar surface area (TPSA) is 115 Å². The minimum Gasteiger partial charge on any atom is -0.507 e. The third-order valence-corrected chi connectivity index (χ3v) is 2.02. The van der Waals surface area contributed by atoms with Gasteiger partial charge in [0.05, 0.1) is 5.56 Å². The number of benzene rings is 1. The highest BCUT2D eigenvalue weighted by molar-refractivity contribution is 5.89. The first-order valence-corrected chi connectivity index (χ1v) is 4.78. The minimum absolute atomic E-state index is 0.0926. The van der Waals surface area contributed by atoms with Gasteiger partial charge in [0.25, 0.3) is 0 Å². The van der Waals surface area contributed by atoms with Crippen molar-refractivity contribution in [3.63, 3.8) is 0 Å². The number of carboxylic acids is 2. The molecule has 0 aliphatic heterocycles. The monoisotopic (exact) mass is 250 g/mol. The van der Waals surface area contributed by atoms with Crippen LogP contribution in [0, 0.1) is 0 Å². The van der Waals surface area contributed by atoms with E-state index in [2.05, 4.69) is 0 Å². The molecule has 0 aromatic heterocycles. The van der Waals surface area contributed by atoms with E-state index >= 15 is 0 Å². The summed E-state index contributed by atoms with van der Waals surface area (Å²) >= 11 is 0. The van der Waals surface area contributed by atoms with E-state index in [4.69, 9.17) is 10.2 Å². The lowest BCUT2D eigenvalue weighted by Crippen LogP contribution is -1.89. The van der Waals surface area contributed by atoms with Crippen molar-refractivity contribution in [1.82, 2.24) is 0 Å². The van der Waals surface area contributed by atoms with Crippen molar-refractivity contribution in [3.05, 3.63) is 35.4 Å². The predicted octanol–water partition coefficient (Wildman–Crippen LogP) is 1.29. The standard InChI is InChI=1S/C12H10O6/c13-9-4-1-7(2-5-10(14)15)12(18)8(9)3-6-11(16)17/h1-6,13,18H,(H,14,15)(H,16,17). The van der Waals surface area contributed by atoms with E-state index in [0.29, 0.717) is 0 Å². The van der Waals surface area contributed by atoms with Gasteiger partial charge in [-0.15, -0.1) is 0 Å². The average molecular weight is 250 g/mol. The molecule has 94 valence electrons. The highest BCUT2D eigenvalue weighted by Gasteiger charge is 2.08. The van der Waals surface area contributed by atoms with Crippen LogP contribution in [0.25, 0.3) is 12.2 Å². The lowest BCUT2D eigenvalue weighted by molar-refractivity contribution is -0.132. The summed E-state index contributed by atoms with van der Waals surface area (Å²) in [6.07, 6.45) is 3.72. The van der Waals surface area contributed by atoms with Crippen LogP contribution in [0.5, 0.6) is 11.5 Å². The molecule has 6 nitrogen and oxygen atoms in total. The van der Waals surface area contributed by atoms with Gasteiger partial charge in [0, 0.05) is 17.7 Å². The van der Waals surface area contributed by atoms with E-state index in [1.807, 2.05) is 0 Å². The number of rotatable bonds is 4. The van der Waals surface area contributed by atoms with E-state index in [9.17, 15) is 19.8 Å². The Morgan fingerprint density at radius 3 is 2.06 bits per heavy atom. The summed E-state index contributed by atoms with van der Waals surface area (Å²) in [6.45, 7) is 0. The van der Waals surface area contributed by atoms with Crippen molar-refractivity contribution in [1.29, 1.82) is 0 Å². The molecule has 0 atom stereocenters. The van der Waals surface area contributed by atoms with Crippen molar-refractivity contribution < 1.29 is 30.0 Å². The number of phenols is 2. The molecule has 0 heterocycles. The number of phenolic OH excluding ortho intramolecular Hbond substituents is 2. The highest BCUT2D eigenvalue weighted by Crippen LogP contribution is 2.32. The molecule has 0 saturated carbocycles. The molecule has 1 aromatic carbocycles. The Morgan fingerprint density at radius 1 is 0.944 bits per heavy atom. The zero-order chi connectivity index (χ0) is 13.7. The summed E-state index contributed by atoms with van der Waals surface area (Å²) in [5.74, 6) is -3.13. The van der Waals surface area contributed by atoms with Gasteiger partial charge >= 0.3 is 11.9 Å². The fraction of sp³-hybridized carbons (Fsp3) is 0. The number of hydrogen-bond acceptors (Lipinski definition) is 4. The van der Waals surface area contributed by atoms with Gasteiger partial charge in [-0.25, -0.2) is 9.59 Å². The molecule has 18 heavy (non-hydrogen) atoms. The summed E-state index contributed by atoms with van der Waals surface area (Å²) in [6, 6.07) is 2.53. The smallest absolute Gasteiger partial charge is 0.328 e. The average Bonchev–Trinajstić information content (AvgIpc) is 2.27. The molecule has 0 radical (unpaired) electrons. The minimum atomic E-state index is -1.24. The summed E-state index contributed by atoms with van der Waals surface area (Å²) in [5.41, 5.74) is 0.0603. The van der Waals surface area contributed by atoms with Crippen molar-refractivity contribution in [3.8, 4) is 11.5 Å². The van der Waals surface area contributed by atoms with Gasteiger partial charge < -0.3 is 20.4 Å². The fourth-order valence-electron chi connectivity index (χ4n) is 1.23. The molecule has 0 fully saturated rings. The number of carboxylic acid groups (broad SMARTS) is 2. The Kier molecular flexibility index (Phi) is 4.09. The molecular weight excluding hydrogens is 240 g/mol. The molecule has 0 aliphatic rings. The number of carbonyl (C=O) groups is 2. The second-order valence-corrected chi connectivity index (χ2v) is 3.28. The molecule has 0 saturated heterocycles. The molecule has 0 spiro atoms. The van der Waals surface area contributed by atoms with E-state index < -0.39 is 17.7 Å². The van der Waals surface area contributed by atoms with Crippen LogP contribution in [0.3, 0.4) is 0 Å². The van der Waals surface area contributed by atoms with Gasteiger partial charge in [0.15, 0.2) is 0 Å². The second kappa shape index (κ2) is 5.53. The molecule has 1 aromatic rings. The Balaban J connectivity index is 3.22. The number of aromatic hydroxyl groups is 2. The largest absolute Gasteiger partial charge is 0.507 e. The van der Waals surface area contributed by atoms with Gasteiger partial charge in [0.2, 0.25) is 0 Å². The van der Waals surface area contributed by atoms with Crippen molar-refractivity contribution in [2.75, 3.05) is 0 Å². The maximum atomic E-state index is 10.4. The summed E-state index contributed by atoms with van der Waals surface area (Å²) in [5, 5.41) is 36.1. The zero-order valence-corrected chi connectivity index (χ0v) is 9.07. The lowest BCUT2D eigenvalue weighted by atomic mass is 10.1. The molecule has 6 heteroatoms. The van der Waals surface area contributed by atoms with Crippen LogP contribution in [0.2, 0.25) is 0 Å². The zero-order valence-electron chi connectivity index (χ0n) is 9.07. The summed E-state index contributed by atoms with van der Waals surface area (Å²) in [4.78, 5) is 20.7. The van der Waals surface area contributed by atoms with Crippen molar-refractivity contribution >= 4 is 24.1 Å². The van der Waals surface area contributed by atoms with E-state index in [0.717, 1.165) is 24.3 Å². The maximum Gasteiger partial charge on any atom is 0.328 e. The quantitative estimate of drug-likeness (QED) is 0.598. The Morgan fingerprint density at radius 2 is 1.50 bits per heavy atom. The number of hydrogen-bond donors (Lipinski definition) is 4. The van der Waals surface area contributed by atoms with Gasteiger partial charge in [0.1, 0.15) is 11.5 Å². The normalized spacial score (nSPS) is 11.1. The first-order valence-electron chi connectivity index (χ1n) is 4.78. The van der Waals surface area contributed by atoms with Crippen LogP contribution >= 0.6 is 0 Å². The van der Waals surface area contributed by atoms with Crippen molar-refractivity contribution in [2.24, 2.45) is 0 Å². The van der Waals surface area contributed by atoms with E-state index in [-0.39, 0.29) is 16.9 Å². The Bertz CT molecular complexity index is 542. The van der Waals surface area contributed by atoms with Crippen LogP contribution in [-0.4, -0.2) is 32.4 Å². The molecule has 0 unspecified atom stereocenters. The molecule has 0 amide bonds. The first-order chi connectivity index (χ1) is 8.41. The second-order valence-electron chi connectivity index (χ2n) is 3.28. The van der Waals surface area contributed by atoms with Crippen LogP contribution in [0.4, 0.5) is 0 Å². The SMILES string of the molecule is O=C(O)C=Cc1ccc(O)c(C=CC(=O)O)c1O. The van der Waals surface area contributed by atoms with E-state index in [1.54, 1.807) is 0 Å². The lowest BCUT2D eigenvalue weighted by Gasteiger charge is -2.05. The van der Waals surface area contributed by atoms with Gasteiger partial charge in [-0.1, -0.05) is 0 Å². The first kappa shape index (κ1) is 13.3. The molecule has 4 N–H and O–H groups in total. The Hall–Kier alpha value is -2.76. The summed E-state index contributed by atoms with van der Waals surface area (Å²) in [7, 11) is 0. The van der Waals surface area contributed by atoms with E-state index in [1.165, 1.54) is 12.1 Å². The highest BCUT2D eigenvalue weighted by atomic mass is 16.4. The van der Waals surface area contributed by atoms with Crippen molar-refractivity contribution in [2.45, 2.75) is 0 Å². The van der Waals surface area contributed by atoms with Gasteiger partial charge in [-0.05, 0) is 24.3 Å². The van der Waals surface area contributed by atoms with Crippen LogP contribution in [-0.2, 0) is 9.59 Å². The van der Waals surface area contributed by atoms with Crippen LogP contribution < -0.4 is 0 Å². The van der Waals surface area contributed by atoms with Crippen LogP contribution in [0.1, 0.15) is 11.1 Å². The Labute approximate surface area is 102 Å². The molecular formula is C12H10O6. The molecule has 0 aliphatic carbocycles. The van der Waals surface area contributed by atoms with Gasteiger partial charge in [-0.2, -0.15) is 0 Å².